The highest BCUT2D eigenvalue weighted by Crippen LogP contribution is 2.27. The smallest absolute Gasteiger partial charge is 0.214 e. The van der Waals surface area contributed by atoms with E-state index in [-0.39, 0.29) is 11.1 Å². The number of halogens is 1. The molecule has 1 aliphatic rings. The number of hydrogen-bond acceptors (Lipinski definition) is 2. The van der Waals surface area contributed by atoms with Crippen molar-refractivity contribution < 1.29 is 12.8 Å². The molecule has 0 heterocycles. The van der Waals surface area contributed by atoms with Gasteiger partial charge in [-0.15, -0.1) is 0 Å². The molecule has 0 atom stereocenters. The summed E-state index contributed by atoms with van der Waals surface area (Å²) in [5.74, 6) is -0.276. The average Bonchev–Trinajstić information content (AvgIpc) is 3.04. The first kappa shape index (κ1) is 11.5. The Bertz CT molecular complexity index is 451. The van der Waals surface area contributed by atoms with Crippen LogP contribution in [0, 0.1) is 5.82 Å². The minimum atomic E-state index is -3.09. The van der Waals surface area contributed by atoms with Crippen LogP contribution < -0.4 is 4.72 Å². The first-order valence-electron chi connectivity index (χ1n) is 5.31. The van der Waals surface area contributed by atoms with Crippen molar-refractivity contribution in [2.45, 2.75) is 24.5 Å². The molecule has 0 unspecified atom stereocenters. The molecule has 0 spiro atoms. The fourth-order valence-corrected chi connectivity index (χ4v) is 2.86. The molecule has 0 aliphatic heterocycles. The van der Waals surface area contributed by atoms with E-state index in [1.807, 2.05) is 0 Å². The van der Waals surface area contributed by atoms with Gasteiger partial charge in [0, 0.05) is 6.54 Å². The van der Waals surface area contributed by atoms with Crippen LogP contribution >= 0.6 is 0 Å². The summed E-state index contributed by atoms with van der Waals surface area (Å²) in [5.41, 5.74) is 0.930. The van der Waals surface area contributed by atoms with E-state index in [0.29, 0.717) is 13.0 Å². The highest BCUT2D eigenvalue weighted by Gasteiger charge is 2.35. The van der Waals surface area contributed by atoms with Gasteiger partial charge in [0.2, 0.25) is 10.0 Å². The zero-order valence-corrected chi connectivity index (χ0v) is 9.63. The van der Waals surface area contributed by atoms with Gasteiger partial charge in [0.15, 0.2) is 0 Å². The van der Waals surface area contributed by atoms with Gasteiger partial charge >= 0.3 is 0 Å². The second-order valence-corrected chi connectivity index (χ2v) is 6.06. The Kier molecular flexibility index (Phi) is 3.25. The van der Waals surface area contributed by atoms with Gasteiger partial charge in [-0.1, -0.05) is 12.1 Å². The van der Waals surface area contributed by atoms with Gasteiger partial charge in [-0.25, -0.2) is 17.5 Å². The summed E-state index contributed by atoms with van der Waals surface area (Å²) < 4.78 is 38.1. The number of sulfonamides is 1. The van der Waals surface area contributed by atoms with Crippen LogP contribution in [0.15, 0.2) is 24.3 Å². The summed E-state index contributed by atoms with van der Waals surface area (Å²) in [7, 11) is -3.09. The van der Waals surface area contributed by atoms with Crippen molar-refractivity contribution in [3.63, 3.8) is 0 Å². The number of benzene rings is 1. The number of nitrogens with one attached hydrogen (secondary N) is 1. The van der Waals surface area contributed by atoms with Gasteiger partial charge in [-0.05, 0) is 37.0 Å². The van der Waals surface area contributed by atoms with E-state index in [1.165, 1.54) is 12.1 Å². The van der Waals surface area contributed by atoms with Gasteiger partial charge in [0.1, 0.15) is 5.82 Å². The van der Waals surface area contributed by atoms with Crippen molar-refractivity contribution in [3.8, 4) is 0 Å². The fraction of sp³-hybridized carbons (Fsp3) is 0.455. The molecule has 0 aromatic heterocycles. The molecule has 5 heteroatoms. The van der Waals surface area contributed by atoms with Gasteiger partial charge < -0.3 is 0 Å². The Morgan fingerprint density at radius 1 is 1.25 bits per heavy atom. The molecule has 0 radical (unpaired) electrons. The third kappa shape index (κ3) is 3.02. The molecule has 88 valence electrons. The second-order valence-electron chi connectivity index (χ2n) is 4.02. The van der Waals surface area contributed by atoms with Crippen LogP contribution in [0.5, 0.6) is 0 Å². The fourth-order valence-electron chi connectivity index (χ4n) is 1.48. The van der Waals surface area contributed by atoms with Crippen LogP contribution in [0.3, 0.4) is 0 Å². The molecule has 0 saturated heterocycles. The van der Waals surface area contributed by atoms with Crippen molar-refractivity contribution in [1.29, 1.82) is 0 Å². The van der Waals surface area contributed by atoms with Crippen molar-refractivity contribution in [3.05, 3.63) is 35.6 Å². The summed E-state index contributed by atoms with van der Waals surface area (Å²) in [6, 6.07) is 6.09. The average molecular weight is 243 g/mol. The Labute approximate surface area is 94.7 Å². The van der Waals surface area contributed by atoms with E-state index >= 15 is 0 Å². The minimum absolute atomic E-state index is 0.180. The maximum Gasteiger partial charge on any atom is 0.214 e. The van der Waals surface area contributed by atoms with Crippen LogP contribution in [0.4, 0.5) is 4.39 Å². The quantitative estimate of drug-likeness (QED) is 0.850. The van der Waals surface area contributed by atoms with E-state index in [4.69, 9.17) is 0 Å². The molecule has 3 nitrogen and oxygen atoms in total. The Hall–Kier alpha value is -0.940. The summed E-state index contributed by atoms with van der Waals surface area (Å²) in [4.78, 5) is 0. The standard InChI is InChI=1S/C11H14FNO2S/c12-10-3-1-9(2-4-10)7-8-13-16(14,15)11-5-6-11/h1-4,11,13H,5-8H2. The molecule has 2 rings (SSSR count). The molecule has 0 bridgehead atoms. The van der Waals surface area contributed by atoms with Crippen molar-refractivity contribution >= 4 is 10.0 Å². The van der Waals surface area contributed by atoms with Gasteiger partial charge in [-0.3, -0.25) is 0 Å². The molecule has 1 N–H and O–H groups in total. The van der Waals surface area contributed by atoms with E-state index < -0.39 is 10.0 Å². The molecule has 1 aromatic carbocycles. The lowest BCUT2D eigenvalue weighted by atomic mass is 10.1. The first-order chi connectivity index (χ1) is 7.58. The Morgan fingerprint density at radius 3 is 2.44 bits per heavy atom. The lowest BCUT2D eigenvalue weighted by Crippen LogP contribution is -2.29. The summed E-state index contributed by atoms with van der Waals surface area (Å²) in [6.45, 7) is 0.379. The highest BCUT2D eigenvalue weighted by molar-refractivity contribution is 7.90. The zero-order valence-electron chi connectivity index (χ0n) is 8.82. The lowest BCUT2D eigenvalue weighted by molar-refractivity contribution is 0.580. The molecular weight excluding hydrogens is 229 g/mol. The van der Waals surface area contributed by atoms with Crippen LogP contribution in [0.2, 0.25) is 0 Å². The third-order valence-corrected chi connectivity index (χ3v) is 4.55. The van der Waals surface area contributed by atoms with E-state index in [0.717, 1.165) is 18.4 Å². The van der Waals surface area contributed by atoms with Crippen LogP contribution in [0.25, 0.3) is 0 Å². The molecule has 1 fully saturated rings. The van der Waals surface area contributed by atoms with Gasteiger partial charge in [0.25, 0.3) is 0 Å². The molecule has 1 saturated carbocycles. The minimum Gasteiger partial charge on any atom is -0.215 e. The van der Waals surface area contributed by atoms with Crippen LogP contribution in [0.1, 0.15) is 18.4 Å². The molecule has 1 aliphatic carbocycles. The molecular formula is C11H14FNO2S. The predicted molar refractivity (Wildman–Crippen MR) is 60.0 cm³/mol. The topological polar surface area (TPSA) is 46.2 Å². The predicted octanol–water partition coefficient (Wildman–Crippen LogP) is 1.45. The first-order valence-corrected chi connectivity index (χ1v) is 6.85. The van der Waals surface area contributed by atoms with Gasteiger partial charge in [-0.2, -0.15) is 0 Å². The highest BCUT2D eigenvalue weighted by atomic mass is 32.2. The zero-order chi connectivity index (χ0) is 11.6. The molecule has 0 amide bonds. The summed E-state index contributed by atoms with van der Waals surface area (Å²) in [5, 5.41) is -0.180. The SMILES string of the molecule is O=S(=O)(NCCc1ccc(F)cc1)C1CC1. The third-order valence-electron chi connectivity index (χ3n) is 2.59. The molecule has 16 heavy (non-hydrogen) atoms. The van der Waals surface area contributed by atoms with Gasteiger partial charge in [0.05, 0.1) is 5.25 Å². The largest absolute Gasteiger partial charge is 0.215 e. The van der Waals surface area contributed by atoms with E-state index in [9.17, 15) is 12.8 Å². The lowest BCUT2D eigenvalue weighted by Gasteiger charge is -2.05. The maximum atomic E-state index is 12.6. The summed E-state index contributed by atoms with van der Waals surface area (Å²) in [6.07, 6.45) is 2.13. The monoisotopic (exact) mass is 243 g/mol. The number of hydrogen-bond donors (Lipinski definition) is 1. The normalized spacial score (nSPS) is 16.3. The van der Waals surface area contributed by atoms with E-state index in [1.54, 1.807) is 12.1 Å². The van der Waals surface area contributed by atoms with Crippen molar-refractivity contribution in [2.75, 3.05) is 6.54 Å². The summed E-state index contributed by atoms with van der Waals surface area (Å²) >= 11 is 0. The molecule has 1 aromatic rings. The van der Waals surface area contributed by atoms with Crippen molar-refractivity contribution in [2.24, 2.45) is 0 Å². The van der Waals surface area contributed by atoms with Crippen LogP contribution in [-0.4, -0.2) is 20.2 Å². The Morgan fingerprint density at radius 2 is 1.88 bits per heavy atom. The Balaban J connectivity index is 1.81. The van der Waals surface area contributed by atoms with Crippen LogP contribution in [-0.2, 0) is 16.4 Å². The second kappa shape index (κ2) is 4.51. The number of rotatable bonds is 5. The van der Waals surface area contributed by atoms with Crippen molar-refractivity contribution in [1.82, 2.24) is 4.72 Å². The maximum absolute atomic E-state index is 12.6. The van der Waals surface area contributed by atoms with E-state index in [2.05, 4.69) is 4.72 Å².